The molecule has 0 aliphatic carbocycles. The first-order valence-electron chi connectivity index (χ1n) is 22.3. The number of piperazine rings is 1. The van der Waals surface area contributed by atoms with Gasteiger partial charge in [-0.25, -0.2) is 23.2 Å². The molecule has 5 heterocycles. The molecule has 3 atom stereocenters. The monoisotopic (exact) mass is 953 g/mol. The fourth-order valence-electron chi connectivity index (χ4n) is 8.52. The van der Waals surface area contributed by atoms with Gasteiger partial charge in [0.05, 0.1) is 41.4 Å². The standard InChI is InChI=1S/C47H58ClF2N7O8S/c1-45(2,3)63-33(58)17-21-61-20-11-18-55-19-16-28(55)25-62-42-52-37-30(40(53-42)56-23-26-12-13-27(24-56)57(26)44(60)65-47(7,8)9)22-31(48)34(36(37)50)29-14-15-32(49)39-35(29)38(51-10)41(66-39)54-43(59)64-46(4,5)6/h14-15,22,26-28H,11-13,16-21,23-25H2,1-9H3,(H,54,59)/t26?,27?,28-/m0/s1. The third-order valence-corrected chi connectivity index (χ3v) is 12.7. The maximum Gasteiger partial charge on any atom is 0.411 e. The number of ether oxygens (including phenoxy) is 5. The topological polar surface area (TPSA) is 149 Å². The number of amides is 2. The first-order chi connectivity index (χ1) is 31.0. The van der Waals surface area contributed by atoms with Gasteiger partial charge in [-0.05, 0) is 106 Å². The van der Waals surface area contributed by atoms with Crippen LogP contribution in [0.1, 0.15) is 94.4 Å². The van der Waals surface area contributed by atoms with Gasteiger partial charge in [0.1, 0.15) is 45.6 Å². The number of carbonyl (C=O) groups is 3. The van der Waals surface area contributed by atoms with Crippen LogP contribution in [0, 0.1) is 18.2 Å². The largest absolute Gasteiger partial charge is 0.462 e. The minimum absolute atomic E-state index is 0.0169. The average molecular weight is 955 g/mol. The molecule has 19 heteroatoms. The van der Waals surface area contributed by atoms with Crippen molar-refractivity contribution in [3.63, 3.8) is 0 Å². The van der Waals surface area contributed by atoms with E-state index in [9.17, 15) is 14.4 Å². The molecule has 2 unspecified atom stereocenters. The predicted molar refractivity (Wildman–Crippen MR) is 250 cm³/mol. The Morgan fingerprint density at radius 3 is 2.24 bits per heavy atom. The second-order valence-corrected chi connectivity index (χ2v) is 21.3. The molecule has 2 aromatic carbocycles. The van der Waals surface area contributed by atoms with Gasteiger partial charge >= 0.3 is 24.2 Å². The van der Waals surface area contributed by atoms with Crippen molar-refractivity contribution in [1.29, 1.82) is 0 Å². The fraction of sp³-hybridized carbons (Fsp3) is 0.574. The van der Waals surface area contributed by atoms with Crippen LogP contribution in [-0.4, -0.2) is 119 Å². The summed E-state index contributed by atoms with van der Waals surface area (Å²) in [5.74, 6) is -1.43. The van der Waals surface area contributed by atoms with Crippen LogP contribution in [0.3, 0.4) is 0 Å². The lowest BCUT2D eigenvalue weighted by Crippen LogP contribution is -2.57. The molecule has 7 rings (SSSR count). The Balaban J connectivity index is 1.19. The number of thiophene rings is 1. The summed E-state index contributed by atoms with van der Waals surface area (Å²) in [5.41, 5.74) is -2.26. The van der Waals surface area contributed by atoms with E-state index in [4.69, 9.17) is 46.8 Å². The smallest absolute Gasteiger partial charge is 0.411 e. The zero-order valence-electron chi connectivity index (χ0n) is 38.9. The Labute approximate surface area is 392 Å². The fourth-order valence-corrected chi connectivity index (χ4v) is 9.87. The lowest BCUT2D eigenvalue weighted by atomic mass is 9.98. The van der Waals surface area contributed by atoms with E-state index in [1.165, 1.54) is 12.1 Å². The molecule has 4 aromatic rings. The molecule has 2 amide bonds. The molecule has 3 saturated heterocycles. The van der Waals surface area contributed by atoms with Crippen LogP contribution in [-0.2, 0) is 23.7 Å². The SMILES string of the molecule is [C-]#[N+]c1c(NC(=O)OC(C)(C)C)sc2c(F)ccc(-c3c(Cl)cc4c(N5CC6CCC(C5)N6C(=O)OC(C)(C)C)nc(OC[C@@H]5CCN5CCCOCCC(=O)OC(C)(C)C)nc4c3F)c12. The van der Waals surface area contributed by atoms with E-state index in [-0.39, 0.29) is 98.3 Å². The van der Waals surface area contributed by atoms with E-state index in [1.807, 2.05) is 46.4 Å². The highest BCUT2D eigenvalue weighted by molar-refractivity contribution is 7.24. The van der Waals surface area contributed by atoms with Gasteiger partial charge in [-0.1, -0.05) is 17.7 Å². The number of hydrogen-bond donors (Lipinski definition) is 1. The minimum Gasteiger partial charge on any atom is -0.462 e. The van der Waals surface area contributed by atoms with Gasteiger partial charge in [-0.15, -0.1) is 11.3 Å². The number of benzene rings is 2. The first-order valence-corrected chi connectivity index (χ1v) is 23.4. The van der Waals surface area contributed by atoms with Crippen molar-refractivity contribution in [3.8, 4) is 17.1 Å². The molecule has 3 aliphatic heterocycles. The maximum atomic E-state index is 17.6. The number of aromatic nitrogens is 2. The second kappa shape index (κ2) is 19.3. The van der Waals surface area contributed by atoms with Crippen LogP contribution in [0.2, 0.25) is 5.02 Å². The van der Waals surface area contributed by atoms with Crippen LogP contribution in [0.4, 0.5) is 34.9 Å². The van der Waals surface area contributed by atoms with Crippen molar-refractivity contribution >= 4 is 78.6 Å². The van der Waals surface area contributed by atoms with Gasteiger partial charge in [0.2, 0.25) is 5.69 Å². The summed E-state index contributed by atoms with van der Waals surface area (Å²) in [6.45, 7) is 27.4. The van der Waals surface area contributed by atoms with Crippen LogP contribution < -0.4 is 15.0 Å². The van der Waals surface area contributed by atoms with Gasteiger partial charge in [0, 0.05) is 55.2 Å². The summed E-state index contributed by atoms with van der Waals surface area (Å²) in [4.78, 5) is 57.4. The zero-order valence-corrected chi connectivity index (χ0v) is 40.5. The molecule has 0 spiro atoms. The van der Waals surface area contributed by atoms with E-state index in [1.54, 1.807) is 31.7 Å². The first kappa shape index (κ1) is 48.8. The molecule has 0 saturated carbocycles. The molecule has 356 valence electrons. The quantitative estimate of drug-likeness (QED) is 0.0588. The summed E-state index contributed by atoms with van der Waals surface area (Å²) < 4.78 is 61.6. The molecule has 2 bridgehead atoms. The summed E-state index contributed by atoms with van der Waals surface area (Å²) in [7, 11) is 0. The van der Waals surface area contributed by atoms with Crippen molar-refractivity contribution in [3.05, 3.63) is 46.3 Å². The second-order valence-electron chi connectivity index (χ2n) is 19.9. The molecule has 66 heavy (non-hydrogen) atoms. The number of esters is 1. The maximum absolute atomic E-state index is 17.6. The molecule has 15 nitrogen and oxygen atoms in total. The van der Waals surface area contributed by atoms with Gasteiger partial charge in [0.15, 0.2) is 5.82 Å². The van der Waals surface area contributed by atoms with Crippen LogP contribution in [0.5, 0.6) is 6.01 Å². The lowest BCUT2D eigenvalue weighted by Gasteiger charge is -2.42. The molecule has 2 aromatic heterocycles. The van der Waals surface area contributed by atoms with Gasteiger partial charge in [0.25, 0.3) is 0 Å². The van der Waals surface area contributed by atoms with Gasteiger partial charge in [-0.2, -0.15) is 9.97 Å². The molecule has 3 fully saturated rings. The van der Waals surface area contributed by atoms with E-state index >= 15 is 8.78 Å². The van der Waals surface area contributed by atoms with Crippen LogP contribution in [0.15, 0.2) is 18.2 Å². The Morgan fingerprint density at radius 1 is 0.939 bits per heavy atom. The summed E-state index contributed by atoms with van der Waals surface area (Å²) in [5, 5.41) is 2.94. The predicted octanol–water partition coefficient (Wildman–Crippen LogP) is 10.5. The Bertz CT molecular complexity index is 2540. The number of nitrogens with one attached hydrogen (secondary N) is 1. The lowest BCUT2D eigenvalue weighted by molar-refractivity contribution is -0.156. The summed E-state index contributed by atoms with van der Waals surface area (Å²) in [6.07, 6.45) is 2.05. The minimum atomic E-state index is -0.842. The molecule has 1 N–H and O–H groups in total. The number of nitrogens with zero attached hydrogens (tertiary/aromatic N) is 6. The number of halogens is 3. The van der Waals surface area contributed by atoms with Crippen LogP contribution in [0.25, 0.3) is 37.0 Å². The molecular formula is C47H58ClF2N7O8S. The van der Waals surface area contributed by atoms with Crippen molar-refractivity contribution in [2.24, 2.45) is 0 Å². The van der Waals surface area contributed by atoms with E-state index < -0.39 is 34.5 Å². The Morgan fingerprint density at radius 2 is 1.62 bits per heavy atom. The van der Waals surface area contributed by atoms with Crippen molar-refractivity contribution < 1.29 is 46.8 Å². The average Bonchev–Trinajstić information content (AvgIpc) is 3.69. The molecule has 3 aliphatic rings. The number of fused-ring (bicyclic) bond motifs is 4. The summed E-state index contributed by atoms with van der Waals surface area (Å²) >= 11 is 7.87. The van der Waals surface area contributed by atoms with Crippen molar-refractivity contribution in [2.75, 3.05) is 56.2 Å². The summed E-state index contributed by atoms with van der Waals surface area (Å²) in [6, 6.07) is 3.68. The van der Waals surface area contributed by atoms with Crippen molar-refractivity contribution in [2.45, 2.75) is 129 Å². The number of anilines is 2. The third kappa shape index (κ3) is 11.2. The third-order valence-electron chi connectivity index (χ3n) is 11.3. The van der Waals surface area contributed by atoms with Gasteiger partial charge in [-0.3, -0.25) is 19.9 Å². The normalized spacial score (nSPS) is 18.9. The van der Waals surface area contributed by atoms with E-state index in [0.717, 1.165) is 50.1 Å². The van der Waals surface area contributed by atoms with Crippen molar-refractivity contribution in [1.82, 2.24) is 19.8 Å². The highest BCUT2D eigenvalue weighted by Gasteiger charge is 2.45. The number of carbonyl (C=O) groups excluding carboxylic acids is 3. The Hall–Kier alpha value is -5.09. The molecular weight excluding hydrogens is 896 g/mol. The zero-order chi connectivity index (χ0) is 47.9. The molecule has 0 radical (unpaired) electrons. The number of likely N-dealkylation sites (tertiary alicyclic amines) is 1. The number of rotatable bonds is 13. The highest BCUT2D eigenvalue weighted by Crippen LogP contribution is 2.50. The van der Waals surface area contributed by atoms with E-state index in [0.29, 0.717) is 30.9 Å². The van der Waals surface area contributed by atoms with Gasteiger partial charge < -0.3 is 28.6 Å². The van der Waals surface area contributed by atoms with E-state index in [2.05, 4.69) is 20.0 Å². The van der Waals surface area contributed by atoms with Crippen LogP contribution >= 0.6 is 22.9 Å². The highest BCUT2D eigenvalue weighted by atomic mass is 35.5. The Kier molecular flexibility index (Phi) is 14.2. The number of hydrogen-bond acceptors (Lipinski definition) is 13.